The van der Waals surface area contributed by atoms with Gasteiger partial charge >= 0.3 is 0 Å². The third kappa shape index (κ3) is 2.14. The molecule has 0 saturated carbocycles. The van der Waals surface area contributed by atoms with E-state index in [2.05, 4.69) is 0 Å². The predicted octanol–water partition coefficient (Wildman–Crippen LogP) is 3.55. The Morgan fingerprint density at radius 1 is 0.700 bits per heavy atom. The fourth-order valence-corrected chi connectivity index (χ4v) is 2.35. The van der Waals surface area contributed by atoms with Crippen molar-refractivity contribution in [3.8, 4) is 17.2 Å². The van der Waals surface area contributed by atoms with Crippen molar-refractivity contribution < 1.29 is 15.3 Å². The highest BCUT2D eigenvalue weighted by Gasteiger charge is 2.09. The number of benzene rings is 3. The minimum Gasteiger partial charge on any atom is -0.508 e. The van der Waals surface area contributed by atoms with E-state index in [0.29, 0.717) is 17.2 Å². The number of rotatable bonds is 2. The van der Waals surface area contributed by atoms with Crippen LogP contribution in [0.15, 0.2) is 54.6 Å². The summed E-state index contributed by atoms with van der Waals surface area (Å²) in [5, 5.41) is 30.6. The van der Waals surface area contributed by atoms with Gasteiger partial charge in [-0.15, -0.1) is 0 Å². The highest BCUT2D eigenvalue weighted by molar-refractivity contribution is 5.93. The number of hydrogen-bond donors (Lipinski definition) is 3. The zero-order chi connectivity index (χ0) is 14.1. The summed E-state index contributed by atoms with van der Waals surface area (Å²) < 4.78 is 0. The first-order valence-electron chi connectivity index (χ1n) is 6.35. The lowest BCUT2D eigenvalue weighted by Gasteiger charge is -2.09. The quantitative estimate of drug-likeness (QED) is 0.664. The minimum atomic E-state index is 0.161. The summed E-state index contributed by atoms with van der Waals surface area (Å²) >= 11 is 0. The molecule has 0 atom stereocenters. The smallest absolute Gasteiger partial charge is 0.127 e. The van der Waals surface area contributed by atoms with Crippen molar-refractivity contribution >= 4 is 10.8 Å². The minimum absolute atomic E-state index is 0.161. The molecule has 0 radical (unpaired) electrons. The van der Waals surface area contributed by atoms with Crippen LogP contribution in [0.25, 0.3) is 10.8 Å². The predicted molar refractivity (Wildman–Crippen MR) is 78.2 cm³/mol. The normalized spacial score (nSPS) is 10.8. The first-order chi connectivity index (χ1) is 9.65. The van der Waals surface area contributed by atoms with E-state index in [1.54, 1.807) is 36.4 Å². The number of phenolic OH excluding ortho intramolecular Hbond substituents is 3. The maximum atomic E-state index is 10.3. The summed E-state index contributed by atoms with van der Waals surface area (Å²) in [5.41, 5.74) is 1.78. The van der Waals surface area contributed by atoms with Gasteiger partial charge < -0.3 is 15.3 Å². The summed E-state index contributed by atoms with van der Waals surface area (Å²) in [6.07, 6.45) is 0.567. The Balaban J connectivity index is 2.04. The topological polar surface area (TPSA) is 60.7 Å². The summed E-state index contributed by atoms with van der Waals surface area (Å²) in [4.78, 5) is 0. The van der Waals surface area contributed by atoms with Gasteiger partial charge in [-0.1, -0.05) is 36.4 Å². The lowest BCUT2D eigenvalue weighted by Crippen LogP contribution is -1.89. The molecule has 3 aromatic carbocycles. The molecule has 20 heavy (non-hydrogen) atoms. The summed E-state index contributed by atoms with van der Waals surface area (Å²) in [5.74, 6) is 0.571. The van der Waals surface area contributed by atoms with Crippen LogP contribution in [0.4, 0.5) is 0 Å². The molecule has 0 spiro atoms. The average molecular weight is 266 g/mol. The molecule has 0 heterocycles. The van der Waals surface area contributed by atoms with E-state index in [4.69, 9.17) is 0 Å². The van der Waals surface area contributed by atoms with Gasteiger partial charge in [0.2, 0.25) is 0 Å². The standard InChI is InChI=1S/C17H14O3/c18-13-7-4-11(5-8-13)10-12-6-9-14-15(17(12)20)2-1-3-16(14)19/h1-9,18-20H,10H2. The molecule has 3 heteroatoms. The van der Waals surface area contributed by atoms with Crippen molar-refractivity contribution in [1.82, 2.24) is 0 Å². The molecule has 0 aliphatic carbocycles. The zero-order valence-electron chi connectivity index (χ0n) is 10.7. The van der Waals surface area contributed by atoms with Crippen molar-refractivity contribution in [2.24, 2.45) is 0 Å². The molecule has 0 aromatic heterocycles. The molecular formula is C17H14O3. The van der Waals surface area contributed by atoms with Crippen molar-refractivity contribution in [3.63, 3.8) is 0 Å². The van der Waals surface area contributed by atoms with Crippen LogP contribution in [0.3, 0.4) is 0 Å². The third-order valence-corrected chi connectivity index (χ3v) is 3.42. The molecule has 0 saturated heterocycles. The number of phenols is 3. The Morgan fingerprint density at radius 2 is 1.45 bits per heavy atom. The number of aromatic hydroxyl groups is 3. The van der Waals surface area contributed by atoms with Crippen molar-refractivity contribution in [1.29, 1.82) is 0 Å². The van der Waals surface area contributed by atoms with Gasteiger partial charge in [-0.3, -0.25) is 0 Å². The molecule has 0 aliphatic rings. The van der Waals surface area contributed by atoms with Crippen LogP contribution in [0.1, 0.15) is 11.1 Å². The Morgan fingerprint density at radius 3 is 2.20 bits per heavy atom. The molecule has 0 aliphatic heterocycles. The molecule has 3 rings (SSSR count). The van der Waals surface area contributed by atoms with Crippen LogP contribution < -0.4 is 0 Å². The summed E-state index contributed by atoms with van der Waals surface area (Å²) in [7, 11) is 0. The Kier molecular flexibility index (Phi) is 2.95. The summed E-state index contributed by atoms with van der Waals surface area (Å²) in [6.45, 7) is 0. The Bertz CT molecular complexity index is 761. The van der Waals surface area contributed by atoms with Crippen LogP contribution in [0.5, 0.6) is 17.2 Å². The lowest BCUT2D eigenvalue weighted by atomic mass is 9.99. The second kappa shape index (κ2) is 4.78. The lowest BCUT2D eigenvalue weighted by molar-refractivity contribution is 0.471. The maximum Gasteiger partial charge on any atom is 0.127 e. The first kappa shape index (κ1) is 12.4. The molecule has 100 valence electrons. The monoisotopic (exact) mass is 266 g/mol. The van der Waals surface area contributed by atoms with Crippen molar-refractivity contribution in [2.45, 2.75) is 6.42 Å². The zero-order valence-corrected chi connectivity index (χ0v) is 10.7. The van der Waals surface area contributed by atoms with Crippen molar-refractivity contribution in [3.05, 3.63) is 65.7 Å². The van der Waals surface area contributed by atoms with Gasteiger partial charge in [0.15, 0.2) is 0 Å². The Hall–Kier alpha value is -2.68. The molecule has 0 unspecified atom stereocenters. The van der Waals surface area contributed by atoms with Crippen LogP contribution in [-0.2, 0) is 6.42 Å². The van der Waals surface area contributed by atoms with E-state index in [0.717, 1.165) is 11.1 Å². The first-order valence-corrected chi connectivity index (χ1v) is 6.35. The molecule has 3 N–H and O–H groups in total. The molecule has 0 amide bonds. The Labute approximate surface area is 116 Å². The van der Waals surface area contributed by atoms with Gasteiger partial charge in [0.1, 0.15) is 17.2 Å². The van der Waals surface area contributed by atoms with Gasteiger partial charge in [0.25, 0.3) is 0 Å². The van der Waals surface area contributed by atoms with Crippen LogP contribution in [0.2, 0.25) is 0 Å². The largest absolute Gasteiger partial charge is 0.508 e. The highest BCUT2D eigenvalue weighted by atomic mass is 16.3. The van der Waals surface area contributed by atoms with Crippen LogP contribution >= 0.6 is 0 Å². The number of fused-ring (bicyclic) bond motifs is 1. The molecular weight excluding hydrogens is 252 g/mol. The van der Waals surface area contributed by atoms with Gasteiger partial charge in [-0.05, 0) is 29.3 Å². The van der Waals surface area contributed by atoms with E-state index in [9.17, 15) is 15.3 Å². The number of hydrogen-bond acceptors (Lipinski definition) is 3. The fourth-order valence-electron chi connectivity index (χ4n) is 2.35. The van der Waals surface area contributed by atoms with Gasteiger partial charge in [0, 0.05) is 17.2 Å². The van der Waals surface area contributed by atoms with Crippen LogP contribution in [0, 0.1) is 0 Å². The summed E-state index contributed by atoms with van der Waals surface area (Å²) in [6, 6.07) is 15.6. The molecule has 3 aromatic rings. The SMILES string of the molecule is Oc1ccc(Cc2ccc3c(O)cccc3c2O)cc1. The highest BCUT2D eigenvalue weighted by Crippen LogP contribution is 2.34. The van der Waals surface area contributed by atoms with Gasteiger partial charge in [-0.25, -0.2) is 0 Å². The molecule has 0 fully saturated rings. The second-order valence-corrected chi connectivity index (χ2v) is 4.79. The fraction of sp³-hybridized carbons (Fsp3) is 0.0588. The maximum absolute atomic E-state index is 10.3. The van der Waals surface area contributed by atoms with E-state index in [-0.39, 0.29) is 17.2 Å². The molecule has 0 bridgehead atoms. The molecule has 3 nitrogen and oxygen atoms in total. The average Bonchev–Trinajstić information content (AvgIpc) is 2.45. The second-order valence-electron chi connectivity index (χ2n) is 4.79. The van der Waals surface area contributed by atoms with E-state index in [1.807, 2.05) is 18.2 Å². The van der Waals surface area contributed by atoms with Gasteiger partial charge in [-0.2, -0.15) is 0 Å². The van der Waals surface area contributed by atoms with E-state index < -0.39 is 0 Å². The van der Waals surface area contributed by atoms with Crippen molar-refractivity contribution in [2.75, 3.05) is 0 Å². The van der Waals surface area contributed by atoms with E-state index in [1.165, 1.54) is 0 Å². The van der Waals surface area contributed by atoms with Crippen LogP contribution in [-0.4, -0.2) is 15.3 Å². The third-order valence-electron chi connectivity index (χ3n) is 3.42. The van der Waals surface area contributed by atoms with Gasteiger partial charge in [0.05, 0.1) is 0 Å². The van der Waals surface area contributed by atoms with E-state index >= 15 is 0 Å².